The Morgan fingerprint density at radius 1 is 1.13 bits per heavy atom. The first-order valence-corrected chi connectivity index (χ1v) is 14.6. The highest BCUT2D eigenvalue weighted by Crippen LogP contribution is 2.38. The third-order valence-corrected chi connectivity index (χ3v) is 6.77. The number of amides is 1. The Labute approximate surface area is 222 Å². The van der Waals surface area contributed by atoms with Gasteiger partial charge in [0.25, 0.3) is 0 Å². The molecule has 2 aromatic heterocycles. The number of carbonyl (C=O) groups excluding carboxylic acids is 1. The van der Waals surface area contributed by atoms with Gasteiger partial charge in [-0.25, -0.2) is 12.8 Å². The monoisotopic (exact) mass is 541 g/mol. The number of benzene rings is 1. The van der Waals surface area contributed by atoms with E-state index in [4.69, 9.17) is 4.52 Å². The van der Waals surface area contributed by atoms with Crippen molar-refractivity contribution in [3.63, 3.8) is 0 Å². The summed E-state index contributed by atoms with van der Waals surface area (Å²) in [6, 6.07) is 8.73. The molecule has 1 saturated carbocycles. The molecule has 0 spiro atoms. The predicted octanol–water partition coefficient (Wildman–Crippen LogP) is 5.39. The number of hydrogen-bond acceptors (Lipinski definition) is 7. The average molecular weight is 542 g/mol. The summed E-state index contributed by atoms with van der Waals surface area (Å²) < 4.78 is 44.0. The third-order valence-electron chi connectivity index (χ3n) is 6.17. The maximum Gasteiger partial charge on any atom is 0.229 e. The van der Waals surface area contributed by atoms with Crippen molar-refractivity contribution in [2.45, 2.75) is 57.3 Å². The summed E-state index contributed by atoms with van der Waals surface area (Å²) in [4.78, 5) is 23.4. The molecule has 38 heavy (non-hydrogen) atoms. The highest BCUT2D eigenvalue weighted by atomic mass is 32.2. The van der Waals surface area contributed by atoms with Gasteiger partial charge in [-0.1, -0.05) is 30.3 Å². The second kappa shape index (κ2) is 12.3. The highest BCUT2D eigenvalue weighted by Gasteiger charge is 2.28. The Morgan fingerprint density at radius 2 is 1.89 bits per heavy atom. The van der Waals surface area contributed by atoms with E-state index in [-0.39, 0.29) is 18.7 Å². The summed E-state index contributed by atoms with van der Waals surface area (Å²) in [7, 11) is -3.37. The Kier molecular flexibility index (Phi) is 8.88. The molecule has 9 nitrogen and oxygen atoms in total. The molecule has 1 aliphatic carbocycles. The molecular formula is C27H32FN5O4S. The number of sulfonamides is 1. The largest absolute Gasteiger partial charge is 0.339 e. The van der Waals surface area contributed by atoms with Crippen LogP contribution in [0.5, 0.6) is 0 Å². The fourth-order valence-corrected chi connectivity index (χ4v) is 4.62. The van der Waals surface area contributed by atoms with Gasteiger partial charge in [-0.3, -0.25) is 14.5 Å². The van der Waals surface area contributed by atoms with Crippen molar-refractivity contribution >= 4 is 27.3 Å². The standard InChI is InChI=1S/C27H32FN5O4S/c1-19(28)7-14-26(34)33(15-5-3-4-6-25-30-27(31-37-25)21-8-9-21)24-16-22(17-29-18-24)20-10-12-23(13-11-20)32-38(2,35)36/h10-13,16-18,21,32H,1,3-9,14-15H2,2H3. The molecule has 2 heterocycles. The first-order chi connectivity index (χ1) is 18.2. The minimum Gasteiger partial charge on any atom is -0.339 e. The van der Waals surface area contributed by atoms with Crippen LogP contribution in [0, 0.1) is 0 Å². The molecular weight excluding hydrogens is 509 g/mol. The Bertz CT molecular complexity index is 1370. The van der Waals surface area contributed by atoms with E-state index in [0.29, 0.717) is 36.1 Å². The van der Waals surface area contributed by atoms with Crippen LogP contribution in [0.1, 0.15) is 62.6 Å². The quantitative estimate of drug-likeness (QED) is 0.272. The maximum atomic E-state index is 13.3. The third kappa shape index (κ3) is 8.20. The lowest BCUT2D eigenvalue weighted by Gasteiger charge is -2.23. The molecule has 1 amide bonds. The number of pyridine rings is 1. The van der Waals surface area contributed by atoms with E-state index < -0.39 is 15.9 Å². The number of unbranched alkanes of at least 4 members (excludes halogenated alkanes) is 2. The number of nitrogens with one attached hydrogen (secondary N) is 1. The number of halogens is 1. The molecule has 1 N–H and O–H groups in total. The van der Waals surface area contributed by atoms with Crippen LogP contribution in [0.15, 0.2) is 59.7 Å². The van der Waals surface area contributed by atoms with Crippen LogP contribution >= 0.6 is 0 Å². The van der Waals surface area contributed by atoms with Crippen LogP contribution in [-0.2, 0) is 21.2 Å². The molecule has 1 aromatic carbocycles. The number of aromatic nitrogens is 3. The number of carbonyl (C=O) groups is 1. The van der Waals surface area contributed by atoms with Crippen molar-refractivity contribution in [2.75, 3.05) is 22.4 Å². The Balaban J connectivity index is 1.40. The van der Waals surface area contributed by atoms with Gasteiger partial charge in [0, 0.05) is 49.2 Å². The molecule has 0 bridgehead atoms. The molecule has 0 aliphatic heterocycles. The van der Waals surface area contributed by atoms with E-state index in [2.05, 4.69) is 26.4 Å². The Hall–Kier alpha value is -3.60. The van der Waals surface area contributed by atoms with E-state index in [9.17, 15) is 17.6 Å². The molecule has 11 heteroatoms. The number of aryl methyl sites for hydroxylation is 1. The number of hydrogen-bond donors (Lipinski definition) is 1. The predicted molar refractivity (Wildman–Crippen MR) is 144 cm³/mol. The summed E-state index contributed by atoms with van der Waals surface area (Å²) in [5.74, 6) is 1.18. The topological polar surface area (TPSA) is 118 Å². The van der Waals surface area contributed by atoms with E-state index >= 15 is 0 Å². The second-order valence-electron chi connectivity index (χ2n) is 9.58. The second-order valence-corrected chi connectivity index (χ2v) is 11.3. The number of allylic oxidation sites excluding steroid dienone is 1. The lowest BCUT2D eigenvalue weighted by atomic mass is 10.1. The minimum absolute atomic E-state index is 0.0113. The van der Waals surface area contributed by atoms with Gasteiger partial charge in [0.1, 0.15) is 0 Å². The molecule has 0 unspecified atom stereocenters. The van der Waals surface area contributed by atoms with Crippen LogP contribution in [0.2, 0.25) is 0 Å². The molecule has 0 saturated heterocycles. The smallest absolute Gasteiger partial charge is 0.229 e. The first-order valence-electron chi connectivity index (χ1n) is 12.7. The van der Waals surface area contributed by atoms with Gasteiger partial charge < -0.3 is 9.42 Å². The van der Waals surface area contributed by atoms with Crippen molar-refractivity contribution < 1.29 is 22.1 Å². The summed E-state index contributed by atoms with van der Waals surface area (Å²) in [6.45, 7) is 3.72. The summed E-state index contributed by atoms with van der Waals surface area (Å²) in [5, 5.41) is 4.04. The highest BCUT2D eigenvalue weighted by molar-refractivity contribution is 7.92. The van der Waals surface area contributed by atoms with Gasteiger partial charge in [0.15, 0.2) is 5.82 Å². The average Bonchev–Trinajstić information content (AvgIpc) is 3.62. The van der Waals surface area contributed by atoms with Crippen molar-refractivity contribution in [2.24, 2.45) is 0 Å². The first kappa shape index (κ1) is 27.4. The molecule has 0 radical (unpaired) electrons. The van der Waals surface area contributed by atoms with E-state index in [0.717, 1.165) is 55.3 Å². The summed E-state index contributed by atoms with van der Waals surface area (Å²) in [6.07, 6.45) is 9.74. The van der Waals surface area contributed by atoms with Gasteiger partial charge in [-0.05, 0) is 49.4 Å². The van der Waals surface area contributed by atoms with Crippen molar-refractivity contribution in [1.82, 2.24) is 15.1 Å². The van der Waals surface area contributed by atoms with Gasteiger partial charge in [0.05, 0.1) is 24.0 Å². The van der Waals surface area contributed by atoms with Crippen LogP contribution in [0.3, 0.4) is 0 Å². The zero-order valence-electron chi connectivity index (χ0n) is 21.4. The molecule has 202 valence electrons. The van der Waals surface area contributed by atoms with E-state index in [1.807, 2.05) is 6.07 Å². The molecule has 3 aromatic rings. The van der Waals surface area contributed by atoms with E-state index in [1.165, 1.54) is 0 Å². The molecule has 0 atom stereocenters. The number of anilines is 2. The molecule has 1 aliphatic rings. The van der Waals surface area contributed by atoms with Crippen LogP contribution < -0.4 is 9.62 Å². The van der Waals surface area contributed by atoms with Gasteiger partial charge >= 0.3 is 0 Å². The number of rotatable bonds is 14. The van der Waals surface area contributed by atoms with E-state index in [1.54, 1.807) is 41.6 Å². The molecule has 4 rings (SSSR count). The zero-order valence-corrected chi connectivity index (χ0v) is 22.2. The van der Waals surface area contributed by atoms with Gasteiger partial charge in [-0.15, -0.1) is 0 Å². The van der Waals surface area contributed by atoms with Gasteiger partial charge in [-0.2, -0.15) is 4.98 Å². The Morgan fingerprint density at radius 3 is 2.58 bits per heavy atom. The number of nitrogens with zero attached hydrogens (tertiary/aromatic N) is 4. The summed E-state index contributed by atoms with van der Waals surface area (Å²) >= 11 is 0. The van der Waals surface area contributed by atoms with Crippen molar-refractivity contribution in [3.8, 4) is 11.1 Å². The minimum atomic E-state index is -3.37. The lowest BCUT2D eigenvalue weighted by molar-refractivity contribution is -0.118. The fourth-order valence-electron chi connectivity index (χ4n) is 4.05. The molecule has 1 fully saturated rings. The zero-order chi connectivity index (χ0) is 27.1. The normalized spacial score (nSPS) is 13.3. The summed E-state index contributed by atoms with van der Waals surface area (Å²) in [5.41, 5.74) is 2.64. The van der Waals surface area contributed by atoms with Crippen molar-refractivity contribution in [1.29, 1.82) is 0 Å². The fraction of sp³-hybridized carbons (Fsp3) is 0.407. The van der Waals surface area contributed by atoms with Crippen LogP contribution in [0.4, 0.5) is 15.8 Å². The van der Waals surface area contributed by atoms with Gasteiger partial charge in [0.2, 0.25) is 21.8 Å². The van der Waals surface area contributed by atoms with Crippen LogP contribution in [0.25, 0.3) is 11.1 Å². The SMILES string of the molecule is C=C(F)CCC(=O)N(CCCCCc1nc(C2CC2)no1)c1cncc(-c2ccc(NS(C)(=O)=O)cc2)c1. The lowest BCUT2D eigenvalue weighted by Crippen LogP contribution is -2.32. The van der Waals surface area contributed by atoms with Crippen molar-refractivity contribution in [3.05, 3.63) is 66.8 Å². The van der Waals surface area contributed by atoms with Crippen LogP contribution in [-0.4, -0.2) is 42.3 Å². The maximum absolute atomic E-state index is 13.3.